The van der Waals surface area contributed by atoms with Crippen LogP contribution in [-0.2, 0) is 16.1 Å². The number of nitrogens with one attached hydrogen (secondary N) is 1. The molecule has 1 aromatic rings. The number of hydrogen-bond donors (Lipinski definition) is 1. The van der Waals surface area contributed by atoms with Gasteiger partial charge in [-0.3, -0.25) is 4.79 Å². The van der Waals surface area contributed by atoms with Crippen molar-refractivity contribution in [1.29, 1.82) is 0 Å². The second-order valence-corrected chi connectivity index (χ2v) is 6.65. The average molecular weight is 341 g/mol. The Morgan fingerprint density at radius 1 is 1.30 bits per heavy atom. The lowest BCUT2D eigenvalue weighted by atomic mass is 10.2. The predicted octanol–water partition coefficient (Wildman–Crippen LogP) is 3.60. The molecule has 0 aliphatic heterocycles. The third kappa shape index (κ3) is 7.88. The van der Waals surface area contributed by atoms with Crippen molar-refractivity contribution >= 4 is 23.6 Å². The van der Waals surface area contributed by atoms with Crippen LogP contribution in [-0.4, -0.2) is 35.6 Å². The molecule has 0 saturated carbocycles. The molecule has 0 bridgehead atoms. The van der Waals surface area contributed by atoms with Crippen molar-refractivity contribution in [2.24, 2.45) is 0 Å². The minimum Gasteiger partial charge on any atom is -0.444 e. The van der Waals surface area contributed by atoms with Crippen molar-refractivity contribution in [1.82, 2.24) is 10.2 Å². The Kier molecular flexibility index (Phi) is 7.36. The van der Waals surface area contributed by atoms with E-state index in [4.69, 9.17) is 16.3 Å². The van der Waals surface area contributed by atoms with E-state index in [-0.39, 0.29) is 18.9 Å². The fourth-order valence-electron chi connectivity index (χ4n) is 1.98. The van der Waals surface area contributed by atoms with Gasteiger partial charge in [0.2, 0.25) is 5.91 Å². The van der Waals surface area contributed by atoms with Gasteiger partial charge in [0.1, 0.15) is 5.60 Å². The molecule has 128 valence electrons. The highest BCUT2D eigenvalue weighted by molar-refractivity contribution is 6.30. The molecule has 0 fully saturated rings. The van der Waals surface area contributed by atoms with Gasteiger partial charge in [-0.25, -0.2) is 4.79 Å². The molecule has 0 spiro atoms. The fourth-order valence-corrected chi connectivity index (χ4v) is 2.19. The summed E-state index contributed by atoms with van der Waals surface area (Å²) in [6, 6.07) is 7.44. The topological polar surface area (TPSA) is 58.6 Å². The molecule has 0 aromatic heterocycles. The summed E-state index contributed by atoms with van der Waals surface area (Å²) in [5.74, 6) is -0.0245. The van der Waals surface area contributed by atoms with Gasteiger partial charge in [-0.1, -0.05) is 23.7 Å². The molecule has 6 heteroatoms. The highest BCUT2D eigenvalue weighted by Crippen LogP contribution is 2.13. The first-order valence-electron chi connectivity index (χ1n) is 7.70. The van der Waals surface area contributed by atoms with Crippen molar-refractivity contribution in [2.45, 2.75) is 46.3 Å². The Labute approximate surface area is 142 Å². The quantitative estimate of drug-likeness (QED) is 0.860. The van der Waals surface area contributed by atoms with Gasteiger partial charge in [0.05, 0.1) is 0 Å². The summed E-state index contributed by atoms with van der Waals surface area (Å²) in [7, 11) is 0. The lowest BCUT2D eigenvalue weighted by molar-refractivity contribution is -0.131. The Morgan fingerprint density at radius 2 is 2.00 bits per heavy atom. The maximum Gasteiger partial charge on any atom is 0.407 e. The predicted molar refractivity (Wildman–Crippen MR) is 91.4 cm³/mol. The molecule has 0 unspecified atom stereocenters. The molecular formula is C17H25ClN2O3. The van der Waals surface area contributed by atoms with Crippen LogP contribution in [0.25, 0.3) is 0 Å². The molecule has 5 nitrogen and oxygen atoms in total. The van der Waals surface area contributed by atoms with Crippen LogP contribution < -0.4 is 5.32 Å². The molecule has 2 amide bonds. The van der Waals surface area contributed by atoms with Crippen LogP contribution in [0.1, 0.15) is 39.7 Å². The van der Waals surface area contributed by atoms with E-state index in [1.165, 1.54) is 0 Å². The van der Waals surface area contributed by atoms with Crippen LogP contribution in [0.15, 0.2) is 24.3 Å². The summed E-state index contributed by atoms with van der Waals surface area (Å²) in [5, 5.41) is 3.24. The standard InChI is InChI=1S/C17H25ClN2O3/c1-5-20(12-13-7-6-8-14(18)11-13)15(21)9-10-19-16(22)23-17(2,3)4/h6-8,11H,5,9-10,12H2,1-4H3,(H,19,22). The van der Waals surface area contributed by atoms with Crippen LogP contribution in [0.3, 0.4) is 0 Å². The number of rotatable bonds is 6. The summed E-state index contributed by atoms with van der Waals surface area (Å²) in [5.41, 5.74) is 0.434. The van der Waals surface area contributed by atoms with E-state index < -0.39 is 11.7 Å². The van der Waals surface area contributed by atoms with Crippen molar-refractivity contribution in [2.75, 3.05) is 13.1 Å². The number of ether oxygens (including phenoxy) is 1. The van der Waals surface area contributed by atoms with E-state index in [2.05, 4.69) is 5.32 Å². The van der Waals surface area contributed by atoms with Gasteiger partial charge in [0.15, 0.2) is 0 Å². The highest BCUT2D eigenvalue weighted by atomic mass is 35.5. The van der Waals surface area contributed by atoms with E-state index >= 15 is 0 Å². The van der Waals surface area contributed by atoms with Gasteiger partial charge in [0, 0.05) is 31.1 Å². The first-order chi connectivity index (χ1) is 10.7. The molecule has 1 N–H and O–H groups in total. The maximum atomic E-state index is 12.2. The normalized spacial score (nSPS) is 11.0. The van der Waals surface area contributed by atoms with Gasteiger partial charge in [0.25, 0.3) is 0 Å². The van der Waals surface area contributed by atoms with Crippen molar-refractivity contribution in [3.8, 4) is 0 Å². The van der Waals surface area contributed by atoms with Gasteiger partial charge < -0.3 is 15.0 Å². The molecule has 0 heterocycles. The van der Waals surface area contributed by atoms with Crippen LogP contribution in [0.5, 0.6) is 0 Å². The minimum absolute atomic E-state index is 0.0245. The van der Waals surface area contributed by atoms with Crippen LogP contribution in [0.2, 0.25) is 5.02 Å². The highest BCUT2D eigenvalue weighted by Gasteiger charge is 2.17. The molecule has 0 aliphatic carbocycles. The van der Waals surface area contributed by atoms with Crippen LogP contribution >= 0.6 is 11.6 Å². The molecule has 0 aliphatic rings. The first kappa shape index (κ1) is 19.3. The van der Waals surface area contributed by atoms with Crippen molar-refractivity contribution in [3.63, 3.8) is 0 Å². The number of hydrogen-bond acceptors (Lipinski definition) is 3. The molecule has 1 aromatic carbocycles. The van der Waals surface area contributed by atoms with Gasteiger partial charge >= 0.3 is 6.09 Å². The molecule has 23 heavy (non-hydrogen) atoms. The van der Waals surface area contributed by atoms with Crippen molar-refractivity contribution < 1.29 is 14.3 Å². The molecular weight excluding hydrogens is 316 g/mol. The molecule has 1 rings (SSSR count). The Morgan fingerprint density at radius 3 is 2.57 bits per heavy atom. The second-order valence-electron chi connectivity index (χ2n) is 6.22. The monoisotopic (exact) mass is 340 g/mol. The first-order valence-corrected chi connectivity index (χ1v) is 8.08. The number of carbonyl (C=O) groups is 2. The van der Waals surface area contributed by atoms with E-state index in [1.807, 2.05) is 25.1 Å². The van der Waals surface area contributed by atoms with Crippen molar-refractivity contribution in [3.05, 3.63) is 34.9 Å². The zero-order chi connectivity index (χ0) is 17.5. The molecule has 0 atom stereocenters. The second kappa shape index (κ2) is 8.77. The smallest absolute Gasteiger partial charge is 0.407 e. The maximum absolute atomic E-state index is 12.2. The van der Waals surface area contributed by atoms with E-state index in [0.29, 0.717) is 18.1 Å². The Hall–Kier alpha value is -1.75. The third-order valence-electron chi connectivity index (χ3n) is 3.00. The summed E-state index contributed by atoms with van der Waals surface area (Å²) in [6.45, 7) is 8.65. The van der Waals surface area contributed by atoms with Crippen LogP contribution in [0.4, 0.5) is 4.79 Å². The molecule has 0 radical (unpaired) electrons. The summed E-state index contributed by atoms with van der Waals surface area (Å²) in [4.78, 5) is 25.5. The Balaban J connectivity index is 2.44. The number of carbonyl (C=O) groups excluding carboxylic acids is 2. The van der Waals surface area contributed by atoms with Gasteiger partial charge in [-0.05, 0) is 45.4 Å². The number of alkyl carbamates (subject to hydrolysis) is 1. The SMILES string of the molecule is CCN(Cc1cccc(Cl)c1)C(=O)CCNC(=O)OC(C)(C)C. The third-order valence-corrected chi connectivity index (χ3v) is 3.24. The van der Waals surface area contributed by atoms with Gasteiger partial charge in [-0.15, -0.1) is 0 Å². The van der Waals surface area contributed by atoms with E-state index in [9.17, 15) is 9.59 Å². The minimum atomic E-state index is -0.546. The summed E-state index contributed by atoms with van der Waals surface area (Å²) in [6.07, 6.45) is -0.281. The van der Waals surface area contributed by atoms with Gasteiger partial charge in [-0.2, -0.15) is 0 Å². The largest absolute Gasteiger partial charge is 0.444 e. The van der Waals surface area contributed by atoms with E-state index in [1.54, 1.807) is 31.7 Å². The van der Waals surface area contributed by atoms with Crippen LogP contribution in [0, 0.1) is 0 Å². The number of halogens is 1. The molecule has 0 saturated heterocycles. The lowest BCUT2D eigenvalue weighted by Gasteiger charge is -2.22. The average Bonchev–Trinajstić information content (AvgIpc) is 2.42. The number of amides is 2. The number of benzene rings is 1. The summed E-state index contributed by atoms with van der Waals surface area (Å²) < 4.78 is 5.13. The fraction of sp³-hybridized carbons (Fsp3) is 0.529. The zero-order valence-electron chi connectivity index (χ0n) is 14.2. The van der Waals surface area contributed by atoms with E-state index in [0.717, 1.165) is 5.56 Å². The Bertz CT molecular complexity index is 541. The lowest BCUT2D eigenvalue weighted by Crippen LogP contribution is -2.36. The summed E-state index contributed by atoms with van der Waals surface area (Å²) >= 11 is 5.96. The number of nitrogens with zero attached hydrogens (tertiary/aromatic N) is 1. The zero-order valence-corrected chi connectivity index (χ0v) is 14.9.